The van der Waals surface area contributed by atoms with Crippen LogP contribution in [0.3, 0.4) is 0 Å². The lowest BCUT2D eigenvalue weighted by Crippen LogP contribution is -2.39. The Hall–Kier alpha value is -2.25. The van der Waals surface area contributed by atoms with E-state index in [1.807, 2.05) is 24.0 Å². The van der Waals surface area contributed by atoms with Crippen LogP contribution in [0.5, 0.6) is 5.75 Å². The third-order valence-corrected chi connectivity index (χ3v) is 5.38. The predicted molar refractivity (Wildman–Crippen MR) is 109 cm³/mol. The van der Waals surface area contributed by atoms with Crippen LogP contribution in [0.1, 0.15) is 24.6 Å². The summed E-state index contributed by atoms with van der Waals surface area (Å²) in [7, 11) is 5.74. The van der Waals surface area contributed by atoms with Crippen molar-refractivity contribution in [1.29, 1.82) is 0 Å². The first-order chi connectivity index (χ1) is 13.0. The molecule has 2 atom stereocenters. The number of benzene rings is 1. The fourth-order valence-corrected chi connectivity index (χ4v) is 4.00. The number of guanidine groups is 1. The molecule has 146 valence electrons. The lowest BCUT2D eigenvalue weighted by molar-refractivity contribution is 0.119. The minimum atomic E-state index is 0.290. The van der Waals surface area contributed by atoms with Gasteiger partial charge < -0.3 is 15.8 Å². The zero-order chi connectivity index (χ0) is 19.4. The first kappa shape index (κ1) is 19.5. The van der Waals surface area contributed by atoms with Crippen molar-refractivity contribution in [2.24, 2.45) is 23.7 Å². The molecule has 27 heavy (non-hydrogen) atoms. The normalized spacial score (nSPS) is 21.3. The van der Waals surface area contributed by atoms with Gasteiger partial charge in [0.05, 0.1) is 23.9 Å². The summed E-state index contributed by atoms with van der Waals surface area (Å²) in [5.41, 5.74) is 8.10. The number of aliphatic imine (C=N–C) groups is 1. The van der Waals surface area contributed by atoms with Crippen molar-refractivity contribution < 1.29 is 4.74 Å². The van der Waals surface area contributed by atoms with E-state index >= 15 is 0 Å². The van der Waals surface area contributed by atoms with Gasteiger partial charge in [0, 0.05) is 25.5 Å². The van der Waals surface area contributed by atoms with Gasteiger partial charge >= 0.3 is 0 Å². The summed E-state index contributed by atoms with van der Waals surface area (Å²) >= 11 is 6.16. The van der Waals surface area contributed by atoms with Crippen LogP contribution >= 0.6 is 11.6 Å². The highest BCUT2D eigenvalue weighted by molar-refractivity contribution is 6.32. The summed E-state index contributed by atoms with van der Waals surface area (Å²) in [6.07, 6.45) is 4.12. The summed E-state index contributed by atoms with van der Waals surface area (Å²) in [4.78, 5) is 6.97. The van der Waals surface area contributed by atoms with Crippen molar-refractivity contribution >= 4 is 23.2 Å². The maximum absolute atomic E-state index is 6.16. The van der Waals surface area contributed by atoms with E-state index in [0.717, 1.165) is 25.1 Å². The highest BCUT2D eigenvalue weighted by atomic mass is 35.5. The molecule has 0 aliphatic carbocycles. The molecular weight excluding hydrogens is 364 g/mol. The van der Waals surface area contributed by atoms with Gasteiger partial charge in [-0.1, -0.05) is 11.6 Å². The minimum absolute atomic E-state index is 0.290. The number of aryl methyl sites for hydroxylation is 1. The van der Waals surface area contributed by atoms with Gasteiger partial charge in [0.25, 0.3) is 0 Å². The van der Waals surface area contributed by atoms with Crippen molar-refractivity contribution in [1.82, 2.24) is 14.7 Å². The van der Waals surface area contributed by atoms with Crippen molar-refractivity contribution in [3.63, 3.8) is 0 Å². The molecule has 2 heterocycles. The second-order valence-electron chi connectivity index (χ2n) is 6.91. The van der Waals surface area contributed by atoms with Crippen molar-refractivity contribution in [2.45, 2.75) is 18.9 Å². The molecule has 3 N–H and O–H groups in total. The van der Waals surface area contributed by atoms with Crippen LogP contribution in [0.2, 0.25) is 5.02 Å². The van der Waals surface area contributed by atoms with Crippen LogP contribution in [0.25, 0.3) is 0 Å². The summed E-state index contributed by atoms with van der Waals surface area (Å²) in [6.45, 7) is 1.73. The Morgan fingerprint density at radius 1 is 1.41 bits per heavy atom. The van der Waals surface area contributed by atoms with E-state index in [0.29, 0.717) is 35.2 Å². The number of rotatable bonds is 5. The SMILES string of the molecule is COc1ccc(NC(N)=NC[C@@H]2CCCN(C)[C@H]2c2ccnn2C)cc1Cl. The van der Waals surface area contributed by atoms with E-state index < -0.39 is 0 Å². The first-order valence-corrected chi connectivity index (χ1v) is 9.46. The Bertz CT molecular complexity index is 805. The third-order valence-electron chi connectivity index (χ3n) is 5.09. The third kappa shape index (κ3) is 4.54. The van der Waals surface area contributed by atoms with Crippen LogP contribution in [-0.2, 0) is 7.05 Å². The number of hydrogen-bond acceptors (Lipinski definition) is 4. The average Bonchev–Trinajstić information content (AvgIpc) is 3.06. The molecule has 0 radical (unpaired) electrons. The van der Waals surface area contributed by atoms with Crippen LogP contribution in [0.15, 0.2) is 35.5 Å². The van der Waals surface area contributed by atoms with Crippen LogP contribution in [-0.4, -0.2) is 47.9 Å². The maximum Gasteiger partial charge on any atom is 0.193 e. The number of nitrogens with two attached hydrogens (primary N) is 1. The smallest absolute Gasteiger partial charge is 0.193 e. The molecule has 0 bridgehead atoms. The minimum Gasteiger partial charge on any atom is -0.495 e. The monoisotopic (exact) mass is 390 g/mol. The van der Waals surface area contributed by atoms with Crippen LogP contribution < -0.4 is 15.8 Å². The molecule has 3 rings (SSSR count). The number of nitrogens with zero attached hydrogens (tertiary/aromatic N) is 4. The molecule has 1 saturated heterocycles. The number of ether oxygens (including phenoxy) is 1. The van der Waals surface area contributed by atoms with Gasteiger partial charge in [0.15, 0.2) is 5.96 Å². The zero-order valence-corrected chi connectivity index (χ0v) is 16.8. The Morgan fingerprint density at radius 3 is 2.89 bits per heavy atom. The Balaban J connectivity index is 1.69. The molecule has 2 aromatic rings. The fraction of sp³-hybridized carbons (Fsp3) is 0.474. The summed E-state index contributed by atoms with van der Waals surface area (Å²) in [5.74, 6) is 1.40. The number of halogens is 1. The molecule has 0 amide bonds. The van der Waals surface area contributed by atoms with Crippen molar-refractivity contribution in [3.05, 3.63) is 41.2 Å². The van der Waals surface area contributed by atoms with Crippen molar-refractivity contribution in [3.8, 4) is 5.75 Å². The standard InChI is InChI=1S/C19H27ClN6O/c1-25-10-4-5-13(18(25)16-8-9-23-26(16)2)12-22-19(21)24-14-6-7-17(27-3)15(20)11-14/h6-9,11,13,18H,4-5,10,12H2,1-3H3,(H3,21,22,24)/t13-,18+/m0/s1. The second-order valence-corrected chi connectivity index (χ2v) is 7.31. The van der Waals surface area contributed by atoms with Crippen molar-refractivity contribution in [2.75, 3.05) is 32.6 Å². The van der Waals surface area contributed by atoms with E-state index in [1.165, 1.54) is 5.69 Å². The van der Waals surface area contributed by atoms with E-state index in [9.17, 15) is 0 Å². The largest absolute Gasteiger partial charge is 0.495 e. The number of aromatic nitrogens is 2. The molecule has 7 nitrogen and oxygen atoms in total. The Labute approximate surface area is 165 Å². The molecule has 1 aliphatic heterocycles. The average molecular weight is 391 g/mol. The summed E-state index contributed by atoms with van der Waals surface area (Å²) in [6, 6.07) is 7.81. The Morgan fingerprint density at radius 2 is 2.22 bits per heavy atom. The molecule has 8 heteroatoms. The predicted octanol–water partition coefficient (Wildman–Crippen LogP) is 2.89. The molecule has 1 fully saturated rings. The second kappa shape index (κ2) is 8.63. The van der Waals surface area contributed by atoms with Crippen LogP contribution in [0, 0.1) is 5.92 Å². The number of nitrogens with one attached hydrogen (secondary N) is 1. The van der Waals surface area contributed by atoms with Gasteiger partial charge in [-0.05, 0) is 56.6 Å². The molecule has 0 saturated carbocycles. The quantitative estimate of drug-likeness (QED) is 0.606. The molecule has 1 aromatic heterocycles. The number of anilines is 1. The summed E-state index contributed by atoms with van der Waals surface area (Å²) in [5, 5.41) is 7.96. The molecular formula is C19H27ClN6O. The fourth-order valence-electron chi connectivity index (χ4n) is 3.74. The summed E-state index contributed by atoms with van der Waals surface area (Å²) < 4.78 is 7.11. The number of piperidine rings is 1. The highest BCUT2D eigenvalue weighted by Crippen LogP contribution is 2.35. The van der Waals surface area contributed by atoms with Gasteiger partial charge in [-0.15, -0.1) is 0 Å². The maximum atomic E-state index is 6.16. The Kier molecular flexibility index (Phi) is 6.23. The van der Waals surface area contributed by atoms with E-state index in [-0.39, 0.29) is 0 Å². The van der Waals surface area contributed by atoms with E-state index in [4.69, 9.17) is 22.1 Å². The van der Waals surface area contributed by atoms with Gasteiger partial charge in [-0.25, -0.2) is 0 Å². The topological polar surface area (TPSA) is 80.7 Å². The lowest BCUT2D eigenvalue weighted by Gasteiger charge is -2.38. The highest BCUT2D eigenvalue weighted by Gasteiger charge is 2.32. The zero-order valence-electron chi connectivity index (χ0n) is 16.0. The number of hydrogen-bond donors (Lipinski definition) is 2. The first-order valence-electron chi connectivity index (χ1n) is 9.08. The van der Waals surface area contributed by atoms with Gasteiger partial charge in [0.1, 0.15) is 5.75 Å². The van der Waals surface area contributed by atoms with Gasteiger partial charge in [-0.3, -0.25) is 14.6 Å². The van der Waals surface area contributed by atoms with Gasteiger partial charge in [0.2, 0.25) is 0 Å². The molecule has 1 aromatic carbocycles. The van der Waals surface area contributed by atoms with Crippen LogP contribution in [0.4, 0.5) is 5.69 Å². The molecule has 0 unspecified atom stereocenters. The van der Waals surface area contributed by atoms with E-state index in [1.54, 1.807) is 19.2 Å². The van der Waals surface area contributed by atoms with E-state index in [2.05, 4.69) is 33.4 Å². The number of likely N-dealkylation sites (tertiary alicyclic amines) is 1. The lowest BCUT2D eigenvalue weighted by atomic mass is 9.87. The van der Waals surface area contributed by atoms with Gasteiger partial charge in [-0.2, -0.15) is 5.10 Å². The molecule has 0 spiro atoms. The molecule has 1 aliphatic rings. The number of methoxy groups -OCH3 is 1.